The number of thioether (sulfide) groups is 1. The summed E-state index contributed by atoms with van der Waals surface area (Å²) in [4.78, 5) is 79.9. The summed E-state index contributed by atoms with van der Waals surface area (Å²) in [6, 6.07) is 37.5. The number of halogens is 4. The van der Waals surface area contributed by atoms with E-state index in [4.69, 9.17) is 11.6 Å². The molecule has 3 saturated heterocycles. The van der Waals surface area contributed by atoms with Gasteiger partial charge in [-0.2, -0.15) is 13.2 Å². The Bertz CT molecular complexity index is 4370. The van der Waals surface area contributed by atoms with E-state index in [1.165, 1.54) is 28.8 Å². The van der Waals surface area contributed by atoms with Crippen LogP contribution in [0.25, 0.3) is 21.6 Å². The zero-order chi connectivity index (χ0) is 74.7. The molecule has 7 aromatic rings. The van der Waals surface area contributed by atoms with Crippen LogP contribution >= 0.6 is 34.7 Å². The minimum atomic E-state index is -6.20. The average Bonchev–Trinajstić information content (AvgIpc) is 0.810. The van der Waals surface area contributed by atoms with Gasteiger partial charge in [0.25, 0.3) is 25.8 Å². The number of hydrogen-bond acceptors (Lipinski definition) is 17. The third-order valence-corrected chi connectivity index (χ3v) is 24.7. The number of unbranched alkanes of at least 4 members (excludes halogenated alkanes) is 2. The minimum Gasteiger partial charge on any atom is -0.391 e. The van der Waals surface area contributed by atoms with Crippen molar-refractivity contribution in [1.29, 1.82) is 0 Å². The highest BCUT2D eigenvalue weighted by Gasteiger charge is 2.49. The summed E-state index contributed by atoms with van der Waals surface area (Å²) in [6.07, 6.45) is 1.76. The monoisotopic (exact) mass is 1520 g/mol. The number of nitrogens with one attached hydrogen (secondary N) is 4. The molecule has 104 heavy (non-hydrogen) atoms. The Labute approximate surface area is 619 Å². The van der Waals surface area contributed by atoms with Gasteiger partial charge >= 0.3 is 5.51 Å². The number of benzene rings is 6. The molecule has 3 aliphatic heterocycles. The molecule has 556 valence electrons. The Hall–Kier alpha value is -7.89. The fraction of sp³-hybridized carbons (Fsp3) is 0.421. The fourth-order valence-electron chi connectivity index (χ4n) is 13.4. The van der Waals surface area contributed by atoms with Crippen molar-refractivity contribution < 1.29 is 64.2 Å². The van der Waals surface area contributed by atoms with Gasteiger partial charge in [0.15, 0.2) is 0 Å². The first-order valence-electron chi connectivity index (χ1n) is 34.9. The number of aryl methyl sites for hydroxylation is 1. The largest absolute Gasteiger partial charge is 0.501 e. The lowest BCUT2D eigenvalue weighted by Gasteiger charge is -2.36. The number of likely N-dealkylation sites (tertiary alicyclic amines) is 1. The summed E-state index contributed by atoms with van der Waals surface area (Å²) in [5.74, 6) is -2.22. The molecule has 3 aliphatic rings. The molecule has 28 heteroatoms. The van der Waals surface area contributed by atoms with Crippen molar-refractivity contribution in [1.82, 2.24) is 35.0 Å². The predicted molar refractivity (Wildman–Crippen MR) is 399 cm³/mol. The summed E-state index contributed by atoms with van der Waals surface area (Å²) in [7, 11) is -11.2. The highest BCUT2D eigenvalue weighted by Crippen LogP contribution is 2.40. The SMILES string of the molecule is Cc1ncsc1-c1ccc([C@H](C)NC(=O)[C@@H]2C[C@@H](O)CN2C(=O)[C@@H](NC(=O)CCCCCC(=O)N2CCN(CC[C@H](CSc3ccccc3)Nc3ccc(S(=O)(=O)NC(=O)c4ccc(N5CCC([C@@H](O)c6ccccc6-c6ccc(Cl)cc6)CC5)cc4)cc3S(=O)(=O)C(F)(F)F)CC2)C(C)(C)C)cc1. The number of carbonyl (C=O) groups excluding carboxylic acids is 5. The number of piperazine rings is 1. The van der Waals surface area contributed by atoms with E-state index in [0.29, 0.717) is 95.4 Å². The van der Waals surface area contributed by atoms with Crippen molar-refractivity contribution in [2.24, 2.45) is 11.3 Å². The fourth-order valence-corrected chi connectivity index (χ4v) is 17.4. The second-order valence-electron chi connectivity index (χ2n) is 27.9. The van der Waals surface area contributed by atoms with Crippen LogP contribution in [-0.4, -0.2) is 164 Å². The Kier molecular flexibility index (Phi) is 26.2. The summed E-state index contributed by atoms with van der Waals surface area (Å²) in [5.41, 5.74) is 0.804. The Morgan fingerprint density at radius 1 is 0.769 bits per heavy atom. The first-order valence-corrected chi connectivity index (χ1v) is 40.1. The van der Waals surface area contributed by atoms with E-state index in [1.54, 1.807) is 46.0 Å². The van der Waals surface area contributed by atoms with Gasteiger partial charge in [0.05, 0.1) is 44.9 Å². The van der Waals surface area contributed by atoms with Gasteiger partial charge in [-0.25, -0.2) is 26.5 Å². The van der Waals surface area contributed by atoms with Crippen molar-refractivity contribution >= 4 is 95.5 Å². The number of piperidine rings is 1. The van der Waals surface area contributed by atoms with E-state index in [0.717, 1.165) is 61.1 Å². The van der Waals surface area contributed by atoms with E-state index < -0.39 is 100 Å². The molecule has 6 N–H and O–H groups in total. The lowest BCUT2D eigenvalue weighted by atomic mass is 9.84. The van der Waals surface area contributed by atoms with Crippen molar-refractivity contribution in [2.75, 3.05) is 68.3 Å². The lowest BCUT2D eigenvalue weighted by Crippen LogP contribution is -2.57. The summed E-state index contributed by atoms with van der Waals surface area (Å²) in [5, 5.41) is 31.9. The summed E-state index contributed by atoms with van der Waals surface area (Å²) < 4.78 is 100. The van der Waals surface area contributed by atoms with Gasteiger partial charge in [0.1, 0.15) is 17.0 Å². The van der Waals surface area contributed by atoms with Crippen LogP contribution in [0.2, 0.25) is 5.02 Å². The van der Waals surface area contributed by atoms with Crippen LogP contribution in [0.1, 0.15) is 125 Å². The van der Waals surface area contributed by atoms with Crippen molar-refractivity contribution in [3.63, 3.8) is 0 Å². The molecule has 0 spiro atoms. The second-order valence-corrected chi connectivity index (χ2v) is 33.8. The van der Waals surface area contributed by atoms with Gasteiger partial charge < -0.3 is 40.9 Å². The smallest absolute Gasteiger partial charge is 0.391 e. The molecular weight excluding hydrogens is 1440 g/mol. The number of alkyl halides is 3. The number of aliphatic hydroxyl groups is 2. The van der Waals surface area contributed by atoms with Gasteiger partial charge in [-0.05, 0) is 152 Å². The lowest BCUT2D eigenvalue weighted by molar-refractivity contribution is -0.144. The first-order chi connectivity index (χ1) is 49.4. The number of aromatic nitrogens is 1. The van der Waals surface area contributed by atoms with E-state index in [-0.39, 0.29) is 54.9 Å². The van der Waals surface area contributed by atoms with Crippen LogP contribution in [0.5, 0.6) is 0 Å². The quantitative estimate of drug-likeness (QED) is 0.0197. The molecule has 10 rings (SSSR count). The van der Waals surface area contributed by atoms with Crippen molar-refractivity contribution in [3.8, 4) is 21.6 Å². The molecule has 6 atom stereocenters. The van der Waals surface area contributed by atoms with Gasteiger partial charge in [0, 0.05) is 105 Å². The molecule has 4 heterocycles. The van der Waals surface area contributed by atoms with Crippen molar-refractivity contribution in [3.05, 3.63) is 179 Å². The third-order valence-electron chi connectivity index (χ3n) is 19.4. The number of sulfonamides is 1. The number of hydrogen-bond donors (Lipinski definition) is 6. The highest BCUT2D eigenvalue weighted by molar-refractivity contribution is 7.99. The van der Waals surface area contributed by atoms with E-state index in [1.807, 2.05) is 130 Å². The number of amides is 5. The maximum absolute atomic E-state index is 14.6. The number of sulfone groups is 1. The van der Waals surface area contributed by atoms with Crippen LogP contribution in [0.15, 0.2) is 166 Å². The van der Waals surface area contributed by atoms with Crippen LogP contribution in [0.4, 0.5) is 24.5 Å². The Morgan fingerprint density at radius 3 is 2.08 bits per heavy atom. The maximum Gasteiger partial charge on any atom is 0.501 e. The summed E-state index contributed by atoms with van der Waals surface area (Å²) in [6.45, 7) is 12.4. The second kappa shape index (κ2) is 34.6. The maximum atomic E-state index is 14.6. The van der Waals surface area contributed by atoms with E-state index >= 15 is 0 Å². The topological polar surface area (TPSA) is 268 Å². The predicted octanol–water partition coefficient (Wildman–Crippen LogP) is 12.2. The number of nitrogens with zero attached hydrogens (tertiary/aromatic N) is 5. The van der Waals surface area contributed by atoms with Gasteiger partial charge in [-0.15, -0.1) is 23.1 Å². The Morgan fingerprint density at radius 2 is 1.42 bits per heavy atom. The molecule has 0 aliphatic carbocycles. The number of aliphatic hydroxyl groups excluding tert-OH is 2. The van der Waals surface area contributed by atoms with E-state index in [9.17, 15) is 64.2 Å². The molecule has 0 bridgehead atoms. The highest BCUT2D eigenvalue weighted by atomic mass is 35.5. The summed E-state index contributed by atoms with van der Waals surface area (Å²) >= 11 is 9.06. The number of thiazole rings is 1. The van der Waals surface area contributed by atoms with Crippen LogP contribution in [-0.2, 0) is 39.0 Å². The van der Waals surface area contributed by atoms with E-state index in [2.05, 4.69) is 30.7 Å². The van der Waals surface area contributed by atoms with Crippen LogP contribution in [0, 0.1) is 18.3 Å². The van der Waals surface area contributed by atoms with Crippen LogP contribution < -0.4 is 25.6 Å². The molecule has 6 aromatic carbocycles. The molecular formula is C76H89ClF3N9O11S4. The number of anilines is 2. The first kappa shape index (κ1) is 78.7. The molecule has 0 unspecified atom stereocenters. The van der Waals surface area contributed by atoms with Gasteiger partial charge in [-0.1, -0.05) is 118 Å². The zero-order valence-corrected chi connectivity index (χ0v) is 62.7. The molecule has 1 aromatic heterocycles. The molecule has 5 amide bonds. The van der Waals surface area contributed by atoms with Gasteiger partial charge in [-0.3, -0.25) is 28.9 Å². The van der Waals surface area contributed by atoms with Crippen LogP contribution in [0.3, 0.4) is 0 Å². The molecule has 0 saturated carbocycles. The minimum absolute atomic E-state index is 0.0441. The third kappa shape index (κ3) is 20.0. The molecule has 3 fully saturated rings. The molecule has 20 nitrogen and oxygen atoms in total. The number of carbonyl (C=O) groups is 5. The average molecular weight is 1530 g/mol. The standard InChI is InChI=1S/C76H89ClF3N9O11S4/c1-49(51-20-22-54(23-21-51)70-50(2)81-48-102-70)82-73(95)65-44-59(90)46-89(65)74(96)71(75(3,4)5)84-67(91)18-10-7-11-19-68(92)88-42-40-86(41-43-88)37-36-57(47-101-60-14-8-6-9-15-60)83-64-33-32-61(45-66(64)103(97,98)76(78,79)80)104(99,100)85-72(94)55-26-30-58(31-27-55)87-38-34-53(35-39-87)69(93)63-17-13-12-16-62(63)52-24-28-56(77)29-25-52/h6,8-9,12-17,20-33,45,48-49,53,57,59,65,69,71,83,90,93H,7,10-11,18-19,34-44,46-47H2,1-5H3,(H,82,95)(H,84,91)(H,85,94)/t49-,57+,59+,65-,69+,71+/m0/s1. The zero-order valence-electron chi connectivity index (χ0n) is 58.7. The number of β-amino-alcohol motifs (C(OH)–C–C–N with tert-alkyl or cyclic N) is 1. The Balaban J connectivity index is 0.691. The molecule has 0 radical (unpaired) electrons. The normalized spacial score (nSPS) is 17.6. The van der Waals surface area contributed by atoms with Crippen molar-refractivity contribution in [2.45, 2.75) is 149 Å². The number of rotatable bonds is 28. The van der Waals surface area contributed by atoms with Gasteiger partial charge in [0.2, 0.25) is 23.6 Å².